The molecule has 0 fully saturated rings. The number of rotatable bonds is 7. The molecule has 2 heterocycles. The molecule has 0 aliphatic carbocycles. The zero-order valence-electron chi connectivity index (χ0n) is 18.5. The number of benzene rings is 2. The number of aryl methyl sites for hydroxylation is 1. The molecule has 0 unspecified atom stereocenters. The van der Waals surface area contributed by atoms with Gasteiger partial charge in [-0.1, -0.05) is 12.1 Å². The van der Waals surface area contributed by atoms with E-state index in [1.807, 2.05) is 31.2 Å². The van der Waals surface area contributed by atoms with Gasteiger partial charge in [0, 0.05) is 17.3 Å². The minimum absolute atomic E-state index is 0.281. The Labute approximate surface area is 193 Å². The summed E-state index contributed by atoms with van der Waals surface area (Å²) in [7, 11) is 4.63. The van der Waals surface area contributed by atoms with Crippen molar-refractivity contribution in [2.75, 3.05) is 26.6 Å². The quantitative estimate of drug-likeness (QED) is 0.445. The number of carbonyl (C=O) groups excluding carboxylic acids is 1. The summed E-state index contributed by atoms with van der Waals surface area (Å²) in [5, 5.41) is 8.01. The van der Waals surface area contributed by atoms with Crippen molar-refractivity contribution in [2.45, 2.75) is 13.5 Å². The highest BCUT2D eigenvalue weighted by Crippen LogP contribution is 2.32. The molecular weight excluding hydrogens is 444 g/mol. The van der Waals surface area contributed by atoms with Crippen LogP contribution < -0.4 is 25.1 Å². The number of thiazole rings is 1. The fourth-order valence-electron chi connectivity index (χ4n) is 3.38. The summed E-state index contributed by atoms with van der Waals surface area (Å²) in [6.45, 7) is 1.55. The topological polar surface area (TPSA) is 105 Å². The molecule has 1 N–H and O–H groups in total. The second kappa shape index (κ2) is 9.29. The Bertz CT molecular complexity index is 1400. The number of amides is 1. The fourth-order valence-corrected chi connectivity index (χ4v) is 4.30. The molecule has 0 bridgehead atoms. The maximum atomic E-state index is 13.0. The third-order valence-corrected chi connectivity index (χ3v) is 5.89. The van der Waals surface area contributed by atoms with Crippen LogP contribution in [0, 0.1) is 6.92 Å². The molecule has 0 radical (unpaired) electrons. The van der Waals surface area contributed by atoms with Crippen molar-refractivity contribution in [1.82, 2.24) is 14.8 Å². The molecule has 0 spiro atoms. The number of anilines is 1. The Kier molecular flexibility index (Phi) is 6.27. The second-order valence-electron chi connectivity index (χ2n) is 7.07. The molecule has 9 nitrogen and oxygen atoms in total. The molecule has 0 aliphatic rings. The summed E-state index contributed by atoms with van der Waals surface area (Å²) in [6, 6.07) is 12.4. The largest absolute Gasteiger partial charge is 0.497 e. The first kappa shape index (κ1) is 22.3. The number of methoxy groups -OCH3 is 3. The Morgan fingerprint density at radius 2 is 1.85 bits per heavy atom. The summed E-state index contributed by atoms with van der Waals surface area (Å²) >= 11 is 1.38. The van der Waals surface area contributed by atoms with E-state index < -0.39 is 11.5 Å². The van der Waals surface area contributed by atoms with Gasteiger partial charge in [0.05, 0.1) is 31.0 Å². The minimum Gasteiger partial charge on any atom is -0.497 e. The van der Waals surface area contributed by atoms with Crippen molar-refractivity contribution >= 4 is 33.1 Å². The van der Waals surface area contributed by atoms with Crippen LogP contribution in [0.2, 0.25) is 0 Å². The first-order chi connectivity index (χ1) is 15.9. The maximum Gasteiger partial charge on any atom is 0.294 e. The zero-order chi connectivity index (χ0) is 23.5. The smallest absolute Gasteiger partial charge is 0.294 e. The van der Waals surface area contributed by atoms with E-state index in [0.29, 0.717) is 33.3 Å². The van der Waals surface area contributed by atoms with Crippen LogP contribution in [0.15, 0.2) is 47.3 Å². The van der Waals surface area contributed by atoms with Crippen LogP contribution in [0.1, 0.15) is 5.01 Å². The maximum absolute atomic E-state index is 13.0. The van der Waals surface area contributed by atoms with E-state index in [9.17, 15) is 9.59 Å². The lowest BCUT2D eigenvalue weighted by Crippen LogP contribution is -2.30. The van der Waals surface area contributed by atoms with E-state index >= 15 is 0 Å². The zero-order valence-corrected chi connectivity index (χ0v) is 19.4. The highest BCUT2D eigenvalue weighted by molar-refractivity contribution is 7.19. The van der Waals surface area contributed by atoms with Crippen molar-refractivity contribution < 1.29 is 19.0 Å². The highest BCUT2D eigenvalue weighted by Gasteiger charge is 2.18. The van der Waals surface area contributed by atoms with E-state index in [2.05, 4.69) is 15.4 Å². The third-order valence-electron chi connectivity index (χ3n) is 4.91. The van der Waals surface area contributed by atoms with Gasteiger partial charge >= 0.3 is 0 Å². The van der Waals surface area contributed by atoms with Gasteiger partial charge in [-0.3, -0.25) is 9.59 Å². The number of ether oxygens (including phenoxy) is 3. The minimum atomic E-state index is -0.427. The first-order valence-electron chi connectivity index (χ1n) is 9.98. The first-order valence-corrected chi connectivity index (χ1v) is 10.8. The van der Waals surface area contributed by atoms with E-state index in [1.54, 1.807) is 25.3 Å². The number of nitrogens with zero attached hydrogens (tertiary/aromatic N) is 3. The summed E-state index contributed by atoms with van der Waals surface area (Å²) in [6.07, 6.45) is 0. The molecule has 1 amide bonds. The van der Waals surface area contributed by atoms with Crippen molar-refractivity contribution in [1.29, 1.82) is 0 Å². The molecule has 10 heteroatoms. The van der Waals surface area contributed by atoms with Crippen molar-refractivity contribution in [3.63, 3.8) is 0 Å². The summed E-state index contributed by atoms with van der Waals surface area (Å²) < 4.78 is 17.6. The fraction of sp³-hybridized carbons (Fsp3) is 0.217. The summed E-state index contributed by atoms with van der Waals surface area (Å²) in [4.78, 5) is 30.2. The SMILES string of the molecule is COc1cccc(-c2nn(CC(=O)Nc3ccc(OC)c(OC)c3)c(=O)c3nc(C)sc23)c1. The number of nitrogens with one attached hydrogen (secondary N) is 1. The van der Waals surface area contributed by atoms with Crippen molar-refractivity contribution in [3.8, 4) is 28.5 Å². The molecule has 170 valence electrons. The number of hydrogen-bond acceptors (Lipinski definition) is 8. The molecule has 0 saturated carbocycles. The highest BCUT2D eigenvalue weighted by atomic mass is 32.1. The average Bonchev–Trinajstić information content (AvgIpc) is 3.22. The van der Waals surface area contributed by atoms with Gasteiger partial charge in [-0.2, -0.15) is 5.10 Å². The standard InChI is InChI=1S/C23H22N4O5S/c1-13-24-21-22(33-13)20(14-6-5-7-16(10-14)30-2)26-27(23(21)29)12-19(28)25-15-8-9-17(31-3)18(11-15)32-4/h5-11H,12H2,1-4H3,(H,25,28). The molecule has 0 saturated heterocycles. The van der Waals surface area contributed by atoms with Crippen LogP contribution in [0.25, 0.3) is 21.5 Å². The Morgan fingerprint density at radius 1 is 1.06 bits per heavy atom. The van der Waals surface area contributed by atoms with Gasteiger partial charge in [-0.15, -0.1) is 11.3 Å². The molecule has 4 rings (SSSR count). The number of hydrogen-bond donors (Lipinski definition) is 1. The number of carbonyl (C=O) groups is 1. The molecule has 2 aromatic heterocycles. The molecule has 0 aliphatic heterocycles. The van der Waals surface area contributed by atoms with Gasteiger partial charge in [-0.25, -0.2) is 9.67 Å². The average molecular weight is 467 g/mol. The van der Waals surface area contributed by atoms with Crippen LogP contribution in [0.3, 0.4) is 0 Å². The summed E-state index contributed by atoms with van der Waals surface area (Å²) in [5.41, 5.74) is 1.68. The monoisotopic (exact) mass is 466 g/mol. The lowest BCUT2D eigenvalue weighted by Gasteiger charge is -2.12. The molecule has 4 aromatic rings. The molecular formula is C23H22N4O5S. The van der Waals surface area contributed by atoms with Crippen LogP contribution in [0.4, 0.5) is 5.69 Å². The van der Waals surface area contributed by atoms with E-state index in [4.69, 9.17) is 14.2 Å². The number of aromatic nitrogens is 3. The van der Waals surface area contributed by atoms with Crippen LogP contribution in [-0.2, 0) is 11.3 Å². The Balaban J connectivity index is 1.70. The normalized spacial score (nSPS) is 10.8. The van der Waals surface area contributed by atoms with E-state index in [1.165, 1.54) is 25.6 Å². The predicted octanol–water partition coefficient (Wildman–Crippen LogP) is 3.49. The van der Waals surface area contributed by atoms with Crippen molar-refractivity contribution in [3.05, 3.63) is 57.8 Å². The predicted molar refractivity (Wildman–Crippen MR) is 127 cm³/mol. The van der Waals surface area contributed by atoms with Gasteiger partial charge in [0.25, 0.3) is 5.56 Å². The second-order valence-corrected chi connectivity index (χ2v) is 8.28. The third kappa shape index (κ3) is 4.51. The lowest BCUT2D eigenvalue weighted by molar-refractivity contribution is -0.117. The molecule has 0 atom stereocenters. The molecule has 33 heavy (non-hydrogen) atoms. The van der Waals surface area contributed by atoms with Gasteiger partial charge in [0.15, 0.2) is 17.0 Å². The van der Waals surface area contributed by atoms with Crippen LogP contribution >= 0.6 is 11.3 Å². The van der Waals surface area contributed by atoms with E-state index in [-0.39, 0.29) is 12.1 Å². The van der Waals surface area contributed by atoms with Gasteiger partial charge in [0.2, 0.25) is 5.91 Å². The van der Waals surface area contributed by atoms with Gasteiger partial charge in [-0.05, 0) is 31.2 Å². The van der Waals surface area contributed by atoms with E-state index in [0.717, 1.165) is 15.3 Å². The van der Waals surface area contributed by atoms with Crippen LogP contribution in [0.5, 0.6) is 17.2 Å². The summed E-state index contributed by atoms with van der Waals surface area (Å²) in [5.74, 6) is 1.26. The molecule has 2 aromatic carbocycles. The number of fused-ring (bicyclic) bond motifs is 1. The Hall–Kier alpha value is -3.92. The van der Waals surface area contributed by atoms with Gasteiger partial charge in [0.1, 0.15) is 18.0 Å². The van der Waals surface area contributed by atoms with Gasteiger partial charge < -0.3 is 19.5 Å². The Morgan fingerprint density at radius 3 is 2.58 bits per heavy atom. The van der Waals surface area contributed by atoms with Crippen molar-refractivity contribution in [2.24, 2.45) is 0 Å². The lowest BCUT2D eigenvalue weighted by atomic mass is 10.1. The van der Waals surface area contributed by atoms with Crippen LogP contribution in [-0.4, -0.2) is 42.0 Å².